The Balaban J connectivity index is 3.20. The molecule has 72 valence electrons. The molecule has 0 amide bonds. The molecule has 0 aromatic carbocycles. The molecule has 0 N–H and O–H groups in total. The van der Waals surface area contributed by atoms with Crippen molar-refractivity contribution in [1.82, 2.24) is 9.97 Å². The van der Waals surface area contributed by atoms with E-state index < -0.39 is 0 Å². The molecular formula is C10H15FN2. The first-order valence-electron chi connectivity index (χ1n) is 4.56. The van der Waals surface area contributed by atoms with E-state index in [0.717, 1.165) is 6.42 Å². The number of aromatic nitrogens is 2. The Morgan fingerprint density at radius 2 is 1.92 bits per heavy atom. The zero-order valence-corrected chi connectivity index (χ0v) is 8.56. The SMILES string of the molecule is CCC(C)c1nc(C)nc(C)c1F. The average molecular weight is 182 g/mol. The van der Waals surface area contributed by atoms with Crippen LogP contribution in [-0.2, 0) is 0 Å². The van der Waals surface area contributed by atoms with E-state index in [9.17, 15) is 4.39 Å². The van der Waals surface area contributed by atoms with Crippen molar-refractivity contribution in [2.75, 3.05) is 0 Å². The minimum absolute atomic E-state index is 0.167. The Labute approximate surface area is 78.2 Å². The van der Waals surface area contributed by atoms with Gasteiger partial charge in [0.25, 0.3) is 0 Å². The van der Waals surface area contributed by atoms with Crippen LogP contribution in [0, 0.1) is 19.7 Å². The van der Waals surface area contributed by atoms with Gasteiger partial charge in [-0.3, -0.25) is 0 Å². The highest BCUT2D eigenvalue weighted by Crippen LogP contribution is 2.20. The molecule has 13 heavy (non-hydrogen) atoms. The van der Waals surface area contributed by atoms with Gasteiger partial charge in [0.2, 0.25) is 0 Å². The Kier molecular flexibility index (Phi) is 2.96. The van der Waals surface area contributed by atoms with Crippen LogP contribution in [0.25, 0.3) is 0 Å². The second-order valence-electron chi connectivity index (χ2n) is 3.36. The quantitative estimate of drug-likeness (QED) is 0.702. The highest BCUT2D eigenvalue weighted by molar-refractivity contribution is 5.16. The van der Waals surface area contributed by atoms with E-state index in [2.05, 4.69) is 9.97 Å². The fourth-order valence-electron chi connectivity index (χ4n) is 1.25. The average Bonchev–Trinajstić information content (AvgIpc) is 2.10. The predicted molar refractivity (Wildman–Crippen MR) is 50.2 cm³/mol. The van der Waals surface area contributed by atoms with Crippen LogP contribution in [0.1, 0.15) is 43.4 Å². The lowest BCUT2D eigenvalue weighted by molar-refractivity contribution is 0.547. The Morgan fingerprint density at radius 1 is 1.31 bits per heavy atom. The monoisotopic (exact) mass is 182 g/mol. The van der Waals surface area contributed by atoms with Crippen molar-refractivity contribution in [3.05, 3.63) is 23.0 Å². The van der Waals surface area contributed by atoms with Crippen LogP contribution in [0.2, 0.25) is 0 Å². The van der Waals surface area contributed by atoms with Gasteiger partial charge in [0.1, 0.15) is 5.82 Å². The third kappa shape index (κ3) is 2.02. The molecule has 0 bridgehead atoms. The summed E-state index contributed by atoms with van der Waals surface area (Å²) in [5.41, 5.74) is 0.996. The maximum Gasteiger partial charge on any atom is 0.166 e. The van der Waals surface area contributed by atoms with E-state index in [4.69, 9.17) is 0 Å². The standard InChI is InChI=1S/C10H15FN2/c1-5-6(2)10-9(11)7(3)12-8(4)13-10/h6H,5H2,1-4H3. The molecule has 3 heteroatoms. The summed E-state index contributed by atoms with van der Waals surface area (Å²) in [7, 11) is 0. The second-order valence-corrected chi connectivity index (χ2v) is 3.36. The van der Waals surface area contributed by atoms with Gasteiger partial charge in [-0.25, -0.2) is 14.4 Å². The molecule has 0 aliphatic heterocycles. The molecule has 2 nitrogen and oxygen atoms in total. The first-order chi connectivity index (χ1) is 6.06. The van der Waals surface area contributed by atoms with Gasteiger partial charge in [-0.1, -0.05) is 13.8 Å². The predicted octanol–water partition coefficient (Wildman–Crippen LogP) is 2.75. The first kappa shape index (κ1) is 10.1. The lowest BCUT2D eigenvalue weighted by atomic mass is 10.0. The van der Waals surface area contributed by atoms with Crippen molar-refractivity contribution < 1.29 is 4.39 Å². The summed E-state index contributed by atoms with van der Waals surface area (Å²) in [4.78, 5) is 8.08. The van der Waals surface area contributed by atoms with Crippen LogP contribution in [0.3, 0.4) is 0 Å². The highest BCUT2D eigenvalue weighted by Gasteiger charge is 2.14. The number of nitrogens with zero attached hydrogens (tertiary/aromatic N) is 2. The molecule has 1 aromatic heterocycles. The maximum absolute atomic E-state index is 13.5. The van der Waals surface area contributed by atoms with Crippen LogP contribution in [-0.4, -0.2) is 9.97 Å². The van der Waals surface area contributed by atoms with Crippen molar-refractivity contribution >= 4 is 0 Å². The van der Waals surface area contributed by atoms with Crippen LogP contribution in [0.4, 0.5) is 4.39 Å². The summed E-state index contributed by atoms with van der Waals surface area (Å²) >= 11 is 0. The van der Waals surface area contributed by atoms with E-state index in [-0.39, 0.29) is 11.7 Å². The molecule has 1 atom stereocenters. The lowest BCUT2D eigenvalue weighted by Crippen LogP contribution is -2.06. The van der Waals surface area contributed by atoms with E-state index in [1.54, 1.807) is 13.8 Å². The number of hydrogen-bond acceptors (Lipinski definition) is 2. The van der Waals surface area contributed by atoms with Gasteiger partial charge in [-0.05, 0) is 20.3 Å². The topological polar surface area (TPSA) is 25.8 Å². The molecule has 0 radical (unpaired) electrons. The van der Waals surface area contributed by atoms with Gasteiger partial charge in [-0.2, -0.15) is 0 Å². The highest BCUT2D eigenvalue weighted by atomic mass is 19.1. The largest absolute Gasteiger partial charge is 0.235 e. The molecule has 1 aromatic rings. The van der Waals surface area contributed by atoms with Crippen molar-refractivity contribution in [1.29, 1.82) is 0 Å². The molecule has 0 aliphatic rings. The molecule has 0 spiro atoms. The summed E-state index contributed by atoms with van der Waals surface area (Å²) in [6.45, 7) is 7.47. The molecule has 1 unspecified atom stereocenters. The fraction of sp³-hybridized carbons (Fsp3) is 0.600. The third-order valence-electron chi connectivity index (χ3n) is 2.23. The second kappa shape index (κ2) is 3.81. The summed E-state index contributed by atoms with van der Waals surface area (Å²) < 4.78 is 13.5. The van der Waals surface area contributed by atoms with Gasteiger partial charge in [0, 0.05) is 5.92 Å². The van der Waals surface area contributed by atoms with Crippen LogP contribution < -0.4 is 0 Å². The molecule has 1 heterocycles. The van der Waals surface area contributed by atoms with Gasteiger partial charge in [0.05, 0.1) is 11.4 Å². The zero-order chi connectivity index (χ0) is 10.0. The number of rotatable bonds is 2. The Hall–Kier alpha value is -0.990. The molecular weight excluding hydrogens is 167 g/mol. The summed E-state index contributed by atoms with van der Waals surface area (Å²) in [6, 6.07) is 0. The van der Waals surface area contributed by atoms with Gasteiger partial charge in [0.15, 0.2) is 5.82 Å². The minimum atomic E-state index is -0.250. The summed E-state index contributed by atoms with van der Waals surface area (Å²) in [5.74, 6) is 0.564. The zero-order valence-electron chi connectivity index (χ0n) is 8.56. The summed E-state index contributed by atoms with van der Waals surface area (Å²) in [5, 5.41) is 0. The normalized spacial score (nSPS) is 13.0. The molecule has 0 fully saturated rings. The molecule has 0 saturated heterocycles. The van der Waals surface area contributed by atoms with Crippen LogP contribution in [0.15, 0.2) is 0 Å². The number of aryl methyl sites for hydroxylation is 2. The molecule has 1 rings (SSSR count). The third-order valence-corrected chi connectivity index (χ3v) is 2.23. The van der Waals surface area contributed by atoms with E-state index in [1.807, 2.05) is 13.8 Å². The lowest BCUT2D eigenvalue weighted by Gasteiger charge is -2.10. The van der Waals surface area contributed by atoms with Crippen molar-refractivity contribution in [3.8, 4) is 0 Å². The summed E-state index contributed by atoms with van der Waals surface area (Å²) in [6.07, 6.45) is 0.896. The maximum atomic E-state index is 13.5. The first-order valence-corrected chi connectivity index (χ1v) is 4.56. The number of halogens is 1. The van der Waals surface area contributed by atoms with Gasteiger partial charge < -0.3 is 0 Å². The number of hydrogen-bond donors (Lipinski definition) is 0. The van der Waals surface area contributed by atoms with Crippen LogP contribution in [0.5, 0.6) is 0 Å². The molecule has 0 aliphatic carbocycles. The van der Waals surface area contributed by atoms with Crippen molar-refractivity contribution in [3.63, 3.8) is 0 Å². The van der Waals surface area contributed by atoms with Crippen molar-refractivity contribution in [2.24, 2.45) is 0 Å². The fourth-order valence-corrected chi connectivity index (χ4v) is 1.25. The van der Waals surface area contributed by atoms with E-state index in [1.165, 1.54) is 0 Å². The van der Waals surface area contributed by atoms with Crippen LogP contribution >= 0.6 is 0 Å². The molecule has 0 saturated carbocycles. The van der Waals surface area contributed by atoms with Gasteiger partial charge >= 0.3 is 0 Å². The smallest absolute Gasteiger partial charge is 0.166 e. The van der Waals surface area contributed by atoms with E-state index in [0.29, 0.717) is 17.2 Å². The Morgan fingerprint density at radius 3 is 2.46 bits per heavy atom. The van der Waals surface area contributed by atoms with Crippen molar-refractivity contribution in [2.45, 2.75) is 40.0 Å². The van der Waals surface area contributed by atoms with E-state index >= 15 is 0 Å². The Bertz CT molecular complexity index is 310. The minimum Gasteiger partial charge on any atom is -0.235 e. The van der Waals surface area contributed by atoms with Gasteiger partial charge in [-0.15, -0.1) is 0 Å².